The van der Waals surface area contributed by atoms with Crippen molar-refractivity contribution in [1.29, 1.82) is 0 Å². The summed E-state index contributed by atoms with van der Waals surface area (Å²) < 4.78 is 32.4. The molecule has 1 unspecified atom stereocenters. The number of carbonyl (C=O) groups excluding carboxylic acids is 2. The van der Waals surface area contributed by atoms with Crippen LogP contribution in [0.3, 0.4) is 0 Å². The summed E-state index contributed by atoms with van der Waals surface area (Å²) in [7, 11) is 0. The van der Waals surface area contributed by atoms with Gasteiger partial charge in [0.15, 0.2) is 0 Å². The van der Waals surface area contributed by atoms with Crippen molar-refractivity contribution in [3.8, 4) is 11.1 Å². The average molecular weight is 576 g/mol. The smallest absolute Gasteiger partial charge is 0.369 e. The molecule has 0 radical (unpaired) electrons. The van der Waals surface area contributed by atoms with Crippen LogP contribution in [0.25, 0.3) is 11.1 Å². The summed E-state index contributed by atoms with van der Waals surface area (Å²) in [6.45, 7) is 4.84. The van der Waals surface area contributed by atoms with E-state index in [9.17, 15) is 22.8 Å². The summed E-state index contributed by atoms with van der Waals surface area (Å²) in [6.07, 6.45) is 4.47. The largest absolute Gasteiger partial charge is 0.388 e. The van der Waals surface area contributed by atoms with E-state index in [2.05, 4.69) is 42.3 Å². The number of allylic oxidation sites excluding steroid dienone is 2. The zero-order valence-corrected chi connectivity index (χ0v) is 24.0. The molecule has 0 bridgehead atoms. The van der Waals surface area contributed by atoms with Crippen LogP contribution in [-0.2, 0) is 15.0 Å². The number of thiol groups is 1. The highest BCUT2D eigenvalue weighted by Gasteiger charge is 2.47. The van der Waals surface area contributed by atoms with Gasteiger partial charge in [-0.1, -0.05) is 81.0 Å². The van der Waals surface area contributed by atoms with Gasteiger partial charge in [-0.2, -0.15) is 25.8 Å². The Morgan fingerprint density at radius 3 is 2.05 bits per heavy atom. The molecule has 0 spiro atoms. The molecular weight excluding hydrogens is 535 g/mol. The highest BCUT2D eigenvalue weighted by Crippen LogP contribution is 2.51. The number of primary amides is 1. The molecule has 2 amide bonds. The lowest BCUT2D eigenvalue weighted by molar-refractivity contribution is -0.130. The molecule has 9 heteroatoms. The fourth-order valence-electron chi connectivity index (χ4n) is 4.85. The van der Waals surface area contributed by atoms with Crippen molar-refractivity contribution >= 4 is 24.4 Å². The number of amides is 2. The highest BCUT2D eigenvalue weighted by atomic mass is 32.1. The van der Waals surface area contributed by atoms with Crippen molar-refractivity contribution in [3.05, 3.63) is 83.3 Å². The first-order valence-corrected chi connectivity index (χ1v) is 14.2. The number of hydrogen-bond donors (Lipinski definition) is 4. The lowest BCUT2D eigenvalue weighted by Gasteiger charge is -2.28. The minimum Gasteiger partial charge on any atom is -0.369 e. The fourth-order valence-corrected chi connectivity index (χ4v) is 4.94. The number of hydrogen-bond acceptors (Lipinski definition) is 4. The molecule has 40 heavy (non-hydrogen) atoms. The van der Waals surface area contributed by atoms with Gasteiger partial charge in [0.1, 0.15) is 0 Å². The van der Waals surface area contributed by atoms with E-state index in [4.69, 9.17) is 5.73 Å². The van der Waals surface area contributed by atoms with Gasteiger partial charge in [-0.25, -0.2) is 0 Å². The van der Waals surface area contributed by atoms with Gasteiger partial charge < -0.3 is 16.4 Å². The number of alkyl halides is 3. The summed E-state index contributed by atoms with van der Waals surface area (Å²) in [5.41, 5.74) is 9.56. The molecule has 0 saturated heterocycles. The molecule has 0 aromatic heterocycles. The number of carbonyl (C=O) groups is 2. The van der Waals surface area contributed by atoms with Crippen LogP contribution >= 0.6 is 12.6 Å². The van der Waals surface area contributed by atoms with Crippen LogP contribution in [0.2, 0.25) is 0 Å². The average Bonchev–Trinajstić information content (AvgIpc) is 3.23. The number of unbranched alkanes of at least 4 members (excludes halogenated alkanes) is 1. The summed E-state index contributed by atoms with van der Waals surface area (Å²) in [6, 6.07) is 16.4. The standard InChI is InChI=1S/C28H35N3O2S.C3H5F3/c1-2-21(31-26(32)15-7-10-20-34)16-19-30-18-9-8-17-28(27(29)33)24-13-5-3-11-22(24)23-12-4-6-14-25(23)28;1-2-3(4,5)6/h3-7,10-15,20-21,30,34H,2,8-9,16-19H2,1H3,(H2,29,33)(H,31,32);2H2,1H3/b15-7+,20-10-;. The fraction of sp³-hybridized carbons (Fsp3) is 0.419. The molecule has 1 atom stereocenters. The Balaban J connectivity index is 0.000000840. The minimum atomic E-state index is -3.96. The molecule has 4 N–H and O–H groups in total. The van der Waals surface area contributed by atoms with Crippen molar-refractivity contribution in [2.45, 2.75) is 70.0 Å². The topological polar surface area (TPSA) is 84.2 Å². The minimum absolute atomic E-state index is 0.0906. The maximum atomic E-state index is 12.9. The lowest BCUT2D eigenvalue weighted by Crippen LogP contribution is -2.41. The molecule has 0 heterocycles. The van der Waals surface area contributed by atoms with Gasteiger partial charge >= 0.3 is 6.18 Å². The van der Waals surface area contributed by atoms with E-state index in [-0.39, 0.29) is 17.9 Å². The first-order valence-electron chi connectivity index (χ1n) is 13.6. The second-order valence-corrected chi connectivity index (χ2v) is 9.94. The van der Waals surface area contributed by atoms with Gasteiger partial charge in [0.05, 0.1) is 5.41 Å². The van der Waals surface area contributed by atoms with E-state index in [1.807, 2.05) is 36.4 Å². The third kappa shape index (κ3) is 9.27. The normalized spacial score (nSPS) is 14.3. The summed E-state index contributed by atoms with van der Waals surface area (Å²) >= 11 is 3.96. The van der Waals surface area contributed by atoms with Gasteiger partial charge in [0.25, 0.3) is 0 Å². The van der Waals surface area contributed by atoms with E-state index in [0.29, 0.717) is 6.42 Å². The molecule has 2 aromatic rings. The monoisotopic (exact) mass is 575 g/mol. The van der Waals surface area contributed by atoms with Gasteiger partial charge in [0.2, 0.25) is 11.8 Å². The maximum absolute atomic E-state index is 12.9. The number of nitrogens with one attached hydrogen (secondary N) is 2. The Hall–Kier alpha value is -3.04. The second kappa shape index (κ2) is 16.3. The summed E-state index contributed by atoms with van der Waals surface area (Å²) in [4.78, 5) is 24.8. The Morgan fingerprint density at radius 2 is 1.55 bits per heavy atom. The van der Waals surface area contributed by atoms with Crippen LogP contribution in [-0.4, -0.2) is 37.1 Å². The van der Waals surface area contributed by atoms with Crippen LogP contribution in [0, 0.1) is 0 Å². The molecular formula is C31H40F3N3O2S. The van der Waals surface area contributed by atoms with Gasteiger partial charge in [0, 0.05) is 18.5 Å². The first kappa shape index (κ1) is 33.2. The van der Waals surface area contributed by atoms with Crippen molar-refractivity contribution in [2.75, 3.05) is 13.1 Å². The molecule has 2 aromatic carbocycles. The predicted molar refractivity (Wildman–Crippen MR) is 159 cm³/mol. The Bertz CT molecular complexity index is 1120. The second-order valence-electron chi connectivity index (χ2n) is 9.64. The molecule has 218 valence electrons. The third-order valence-electron chi connectivity index (χ3n) is 6.99. The maximum Gasteiger partial charge on any atom is 0.388 e. The Kier molecular flexibility index (Phi) is 13.5. The van der Waals surface area contributed by atoms with Gasteiger partial charge in [-0.3, -0.25) is 9.59 Å². The van der Waals surface area contributed by atoms with Crippen LogP contribution < -0.4 is 16.4 Å². The summed E-state index contributed by atoms with van der Waals surface area (Å²) in [5, 5.41) is 8.08. The van der Waals surface area contributed by atoms with E-state index in [1.165, 1.54) is 6.08 Å². The van der Waals surface area contributed by atoms with E-state index in [0.717, 1.165) is 68.0 Å². The van der Waals surface area contributed by atoms with Crippen LogP contribution in [0.5, 0.6) is 0 Å². The molecule has 0 saturated carbocycles. The van der Waals surface area contributed by atoms with Crippen LogP contribution in [0.1, 0.15) is 63.5 Å². The van der Waals surface area contributed by atoms with Crippen LogP contribution in [0.4, 0.5) is 13.2 Å². The quantitative estimate of drug-likeness (QED) is 0.0960. The van der Waals surface area contributed by atoms with E-state index in [1.54, 1.807) is 17.6 Å². The number of benzene rings is 2. The third-order valence-corrected chi connectivity index (χ3v) is 7.17. The van der Waals surface area contributed by atoms with Crippen molar-refractivity contribution in [1.82, 2.24) is 10.6 Å². The van der Waals surface area contributed by atoms with E-state index >= 15 is 0 Å². The first-order chi connectivity index (χ1) is 19.1. The van der Waals surface area contributed by atoms with E-state index < -0.39 is 18.0 Å². The van der Waals surface area contributed by atoms with Crippen molar-refractivity contribution in [3.63, 3.8) is 0 Å². The zero-order valence-electron chi connectivity index (χ0n) is 23.1. The predicted octanol–water partition coefficient (Wildman–Crippen LogP) is 6.44. The van der Waals surface area contributed by atoms with Gasteiger partial charge in [-0.05, 0) is 66.4 Å². The SMILES string of the molecule is CCC(CCNCCCCC1(C(N)=O)c2ccccc2-c2ccccc21)NC(=O)/C=C/C=C\S.CCC(F)(F)F. The van der Waals surface area contributed by atoms with Gasteiger partial charge in [-0.15, -0.1) is 0 Å². The number of fused-ring (bicyclic) bond motifs is 3. The molecule has 1 aliphatic carbocycles. The van der Waals surface area contributed by atoms with Crippen LogP contribution in [0.15, 0.2) is 72.2 Å². The zero-order chi connectivity index (χ0) is 29.6. The van der Waals surface area contributed by atoms with Crippen molar-refractivity contribution in [2.24, 2.45) is 5.73 Å². The summed E-state index contributed by atoms with van der Waals surface area (Å²) in [5.74, 6) is -0.370. The molecule has 0 fully saturated rings. The molecule has 1 aliphatic rings. The Morgan fingerprint density at radius 1 is 0.975 bits per heavy atom. The van der Waals surface area contributed by atoms with Crippen molar-refractivity contribution < 1.29 is 22.8 Å². The number of nitrogens with two attached hydrogens (primary N) is 1. The molecule has 5 nitrogen and oxygen atoms in total. The highest BCUT2D eigenvalue weighted by molar-refractivity contribution is 7.83. The molecule has 0 aliphatic heterocycles. The lowest BCUT2D eigenvalue weighted by atomic mass is 9.73. The number of rotatable bonds is 13. The Labute approximate surface area is 240 Å². The molecule has 3 rings (SSSR count). The number of halogens is 3.